The highest BCUT2D eigenvalue weighted by Gasteiger charge is 2.36. The van der Waals surface area contributed by atoms with Gasteiger partial charge in [0.2, 0.25) is 0 Å². The van der Waals surface area contributed by atoms with Gasteiger partial charge in [-0.05, 0) is 39.0 Å². The zero-order valence-electron chi connectivity index (χ0n) is 14.2. The van der Waals surface area contributed by atoms with Gasteiger partial charge in [-0.15, -0.1) is 0 Å². The van der Waals surface area contributed by atoms with Gasteiger partial charge in [0.05, 0.1) is 19.3 Å². The fourth-order valence-electron chi connectivity index (χ4n) is 3.65. The lowest BCUT2D eigenvalue weighted by molar-refractivity contribution is -0.0658. The molecule has 2 N–H and O–H groups in total. The fourth-order valence-corrected chi connectivity index (χ4v) is 3.65. The van der Waals surface area contributed by atoms with E-state index in [2.05, 4.69) is 31.0 Å². The molecule has 4 nitrogen and oxygen atoms in total. The first kappa shape index (κ1) is 17.2. The maximum atomic E-state index is 9.32. The van der Waals surface area contributed by atoms with Gasteiger partial charge in [-0.25, -0.2) is 0 Å². The molecule has 4 heteroatoms. The molecule has 1 aliphatic carbocycles. The Bertz CT molecular complexity index is 308. The molecule has 0 aromatic rings. The van der Waals surface area contributed by atoms with Crippen LogP contribution in [0.25, 0.3) is 0 Å². The molecular weight excluding hydrogens is 264 g/mol. The molecule has 0 spiro atoms. The molecule has 1 saturated carbocycles. The maximum Gasteiger partial charge on any atom is 0.0932 e. The second-order valence-corrected chi connectivity index (χ2v) is 8.07. The lowest BCUT2D eigenvalue weighted by Gasteiger charge is -2.44. The smallest absolute Gasteiger partial charge is 0.0932 e. The molecule has 0 amide bonds. The van der Waals surface area contributed by atoms with Crippen LogP contribution in [0.15, 0.2) is 0 Å². The molecule has 0 aromatic carbocycles. The third-order valence-corrected chi connectivity index (χ3v) is 4.89. The van der Waals surface area contributed by atoms with E-state index in [0.717, 1.165) is 32.8 Å². The van der Waals surface area contributed by atoms with Crippen LogP contribution in [0.4, 0.5) is 0 Å². The molecule has 1 unspecified atom stereocenters. The number of aliphatic hydroxyl groups is 1. The molecule has 2 rings (SSSR count). The van der Waals surface area contributed by atoms with Crippen LogP contribution in [-0.4, -0.2) is 61.0 Å². The Hall–Kier alpha value is -0.160. The van der Waals surface area contributed by atoms with Gasteiger partial charge in [0.25, 0.3) is 0 Å². The normalized spacial score (nSPS) is 27.7. The van der Waals surface area contributed by atoms with Crippen LogP contribution in [-0.2, 0) is 4.74 Å². The summed E-state index contributed by atoms with van der Waals surface area (Å²) >= 11 is 0. The molecule has 1 atom stereocenters. The van der Waals surface area contributed by atoms with Gasteiger partial charge in [-0.1, -0.05) is 19.3 Å². The van der Waals surface area contributed by atoms with Crippen molar-refractivity contribution in [1.82, 2.24) is 10.2 Å². The highest BCUT2D eigenvalue weighted by molar-refractivity contribution is 4.91. The summed E-state index contributed by atoms with van der Waals surface area (Å²) in [4.78, 5) is 2.51. The van der Waals surface area contributed by atoms with Crippen molar-refractivity contribution < 1.29 is 9.84 Å². The van der Waals surface area contributed by atoms with E-state index in [-0.39, 0.29) is 18.2 Å². The zero-order valence-corrected chi connectivity index (χ0v) is 14.2. The Balaban J connectivity index is 1.95. The lowest BCUT2D eigenvalue weighted by Crippen LogP contribution is -2.53. The zero-order chi connectivity index (χ0) is 15.3. The van der Waals surface area contributed by atoms with E-state index in [1.807, 2.05) is 0 Å². The minimum atomic E-state index is 0.00923. The van der Waals surface area contributed by atoms with E-state index in [0.29, 0.717) is 5.41 Å². The largest absolute Gasteiger partial charge is 0.394 e. The number of rotatable bonds is 5. The van der Waals surface area contributed by atoms with Crippen molar-refractivity contribution in [3.8, 4) is 0 Å². The number of morpholine rings is 1. The van der Waals surface area contributed by atoms with Crippen LogP contribution in [0.3, 0.4) is 0 Å². The topological polar surface area (TPSA) is 44.7 Å². The van der Waals surface area contributed by atoms with Crippen molar-refractivity contribution in [3.05, 3.63) is 0 Å². The van der Waals surface area contributed by atoms with Crippen molar-refractivity contribution in [2.24, 2.45) is 5.41 Å². The summed E-state index contributed by atoms with van der Waals surface area (Å²) in [6.07, 6.45) is 6.78. The Kier molecular flexibility index (Phi) is 6.06. The molecule has 0 aromatic heterocycles. The molecule has 1 saturated heterocycles. The van der Waals surface area contributed by atoms with Crippen LogP contribution < -0.4 is 5.32 Å². The summed E-state index contributed by atoms with van der Waals surface area (Å²) < 4.78 is 5.59. The molecule has 124 valence electrons. The van der Waals surface area contributed by atoms with Crippen molar-refractivity contribution in [1.29, 1.82) is 0 Å². The van der Waals surface area contributed by atoms with Crippen molar-refractivity contribution in [2.45, 2.75) is 64.5 Å². The van der Waals surface area contributed by atoms with E-state index in [4.69, 9.17) is 4.74 Å². The molecule has 21 heavy (non-hydrogen) atoms. The van der Waals surface area contributed by atoms with Gasteiger partial charge in [0.1, 0.15) is 0 Å². The molecule has 0 radical (unpaired) electrons. The predicted octanol–water partition coefficient (Wildman–Crippen LogP) is 2.02. The summed E-state index contributed by atoms with van der Waals surface area (Å²) in [5.74, 6) is 0. The first-order chi connectivity index (χ1) is 9.92. The second kappa shape index (κ2) is 7.40. The average molecular weight is 298 g/mol. The Morgan fingerprint density at radius 2 is 1.95 bits per heavy atom. The molecule has 2 fully saturated rings. The van der Waals surface area contributed by atoms with E-state index in [1.54, 1.807) is 0 Å². The number of ether oxygens (including phenoxy) is 1. The first-order valence-electron chi connectivity index (χ1n) is 8.62. The minimum Gasteiger partial charge on any atom is -0.394 e. The Morgan fingerprint density at radius 3 is 2.57 bits per heavy atom. The quantitative estimate of drug-likeness (QED) is 0.815. The summed E-state index contributed by atoms with van der Waals surface area (Å²) in [6, 6.07) is 0. The monoisotopic (exact) mass is 298 g/mol. The molecular formula is C17H34N2O2. The molecule has 2 aliphatic rings. The van der Waals surface area contributed by atoms with Gasteiger partial charge in [-0.2, -0.15) is 0 Å². The Morgan fingerprint density at radius 1 is 1.24 bits per heavy atom. The average Bonchev–Trinajstić information content (AvgIpc) is 2.46. The number of hydrogen-bond donors (Lipinski definition) is 2. The van der Waals surface area contributed by atoms with Gasteiger partial charge < -0.3 is 15.2 Å². The van der Waals surface area contributed by atoms with E-state index < -0.39 is 0 Å². The SMILES string of the molecule is CC(C)(C)NCC1(CN2CCOC(CO)C2)CCCCC1. The van der Waals surface area contributed by atoms with Crippen LogP contribution in [0.2, 0.25) is 0 Å². The Labute approximate surface area is 130 Å². The highest BCUT2D eigenvalue weighted by Crippen LogP contribution is 2.37. The van der Waals surface area contributed by atoms with Gasteiger partial charge >= 0.3 is 0 Å². The van der Waals surface area contributed by atoms with Crippen molar-refractivity contribution >= 4 is 0 Å². The van der Waals surface area contributed by atoms with E-state index in [1.165, 1.54) is 32.1 Å². The molecule has 1 aliphatic heterocycles. The summed E-state index contributed by atoms with van der Waals surface area (Å²) in [5, 5.41) is 13.1. The summed E-state index contributed by atoms with van der Waals surface area (Å²) in [5.41, 5.74) is 0.589. The standard InChI is InChI=1S/C17H34N2O2/c1-16(2,3)18-13-17(7-5-4-6-8-17)14-19-9-10-21-15(11-19)12-20/h15,18,20H,4-14H2,1-3H3. The number of aliphatic hydroxyl groups excluding tert-OH is 1. The fraction of sp³-hybridized carbons (Fsp3) is 1.00. The first-order valence-corrected chi connectivity index (χ1v) is 8.62. The minimum absolute atomic E-state index is 0.00923. The number of hydrogen-bond acceptors (Lipinski definition) is 4. The number of nitrogens with zero attached hydrogens (tertiary/aromatic N) is 1. The van der Waals surface area contributed by atoms with Crippen LogP contribution in [0.5, 0.6) is 0 Å². The number of nitrogens with one attached hydrogen (secondary N) is 1. The van der Waals surface area contributed by atoms with Crippen LogP contribution in [0.1, 0.15) is 52.9 Å². The third-order valence-electron chi connectivity index (χ3n) is 4.89. The third kappa shape index (κ3) is 5.51. The highest BCUT2D eigenvalue weighted by atomic mass is 16.5. The maximum absolute atomic E-state index is 9.32. The van der Waals surface area contributed by atoms with Gasteiger partial charge in [0, 0.05) is 31.7 Å². The molecule has 1 heterocycles. The second-order valence-electron chi connectivity index (χ2n) is 8.07. The van der Waals surface area contributed by atoms with E-state index >= 15 is 0 Å². The lowest BCUT2D eigenvalue weighted by atomic mass is 9.73. The van der Waals surface area contributed by atoms with Gasteiger partial charge in [0.15, 0.2) is 0 Å². The summed E-state index contributed by atoms with van der Waals surface area (Å²) in [6.45, 7) is 11.8. The molecule has 0 bridgehead atoms. The van der Waals surface area contributed by atoms with Crippen LogP contribution >= 0.6 is 0 Å². The van der Waals surface area contributed by atoms with Crippen molar-refractivity contribution in [3.63, 3.8) is 0 Å². The summed E-state index contributed by atoms with van der Waals surface area (Å²) in [7, 11) is 0. The van der Waals surface area contributed by atoms with Crippen LogP contribution in [0, 0.1) is 5.41 Å². The van der Waals surface area contributed by atoms with Crippen molar-refractivity contribution in [2.75, 3.05) is 39.4 Å². The predicted molar refractivity (Wildman–Crippen MR) is 86.5 cm³/mol. The van der Waals surface area contributed by atoms with E-state index in [9.17, 15) is 5.11 Å². The van der Waals surface area contributed by atoms with Gasteiger partial charge in [-0.3, -0.25) is 4.90 Å².